The largest absolute Gasteiger partial charge is 0.456 e. The summed E-state index contributed by atoms with van der Waals surface area (Å²) >= 11 is 0. The third-order valence-corrected chi connectivity index (χ3v) is 2.79. The van der Waals surface area contributed by atoms with Gasteiger partial charge in [-0.2, -0.15) is 0 Å². The molecular formula is C9H18NO+. The van der Waals surface area contributed by atoms with Crippen LogP contribution in [-0.4, -0.2) is 30.7 Å². The number of hydrogen-bond donors (Lipinski definition) is 0. The molecule has 0 aromatic carbocycles. The van der Waals surface area contributed by atoms with Crippen LogP contribution in [0.15, 0.2) is 12.0 Å². The Kier molecular flexibility index (Phi) is 2.55. The molecule has 0 aromatic heterocycles. The molecule has 0 aromatic rings. The summed E-state index contributed by atoms with van der Waals surface area (Å²) in [6.45, 7) is 11.4. The molecular weight excluding hydrogens is 138 g/mol. The van der Waals surface area contributed by atoms with E-state index in [2.05, 4.69) is 20.8 Å². The summed E-state index contributed by atoms with van der Waals surface area (Å²) < 4.78 is 6.20. The summed E-state index contributed by atoms with van der Waals surface area (Å²) in [4.78, 5) is 0. The Balaban J connectivity index is 2.46. The Morgan fingerprint density at radius 2 is 1.64 bits per heavy atom. The summed E-state index contributed by atoms with van der Waals surface area (Å²) in [5.41, 5.74) is 0. The maximum atomic E-state index is 5.05. The van der Waals surface area contributed by atoms with Crippen molar-refractivity contribution in [3.8, 4) is 0 Å². The van der Waals surface area contributed by atoms with E-state index < -0.39 is 0 Å². The topological polar surface area (TPSA) is 12.5 Å². The first kappa shape index (κ1) is 8.60. The normalized spacial score (nSPS) is 15.7. The summed E-state index contributed by atoms with van der Waals surface area (Å²) in [5.74, 6) is 1.18. The molecule has 0 atom stereocenters. The van der Waals surface area contributed by atoms with Gasteiger partial charge in [-0.15, -0.1) is 0 Å². The summed E-state index contributed by atoms with van der Waals surface area (Å²) in [6.07, 6.45) is 1.86. The van der Waals surface area contributed by atoms with Crippen molar-refractivity contribution in [2.45, 2.75) is 20.8 Å². The molecule has 0 fully saturated rings. The van der Waals surface area contributed by atoms with Gasteiger partial charge in [0, 0.05) is 0 Å². The average Bonchev–Trinajstić information content (AvgIpc) is 2.84. The van der Waals surface area contributed by atoms with Crippen molar-refractivity contribution in [2.75, 3.05) is 26.2 Å². The van der Waals surface area contributed by atoms with Crippen LogP contribution >= 0.6 is 0 Å². The SMILES string of the molecule is CC[N+](CC)(CC)CC1=CO1. The van der Waals surface area contributed by atoms with E-state index in [4.69, 9.17) is 4.74 Å². The molecule has 0 saturated carbocycles. The second kappa shape index (κ2) is 3.26. The van der Waals surface area contributed by atoms with Crippen LogP contribution in [0.3, 0.4) is 0 Å². The molecule has 0 aliphatic carbocycles. The van der Waals surface area contributed by atoms with Gasteiger partial charge in [0.2, 0.25) is 0 Å². The van der Waals surface area contributed by atoms with Crippen LogP contribution in [0.5, 0.6) is 0 Å². The van der Waals surface area contributed by atoms with Gasteiger partial charge in [0.25, 0.3) is 0 Å². The van der Waals surface area contributed by atoms with Crippen LogP contribution in [0.25, 0.3) is 0 Å². The number of ether oxygens (including phenoxy) is 1. The highest BCUT2D eigenvalue weighted by Crippen LogP contribution is 2.19. The first-order valence-electron chi connectivity index (χ1n) is 4.47. The van der Waals surface area contributed by atoms with Crippen LogP contribution in [0.4, 0.5) is 0 Å². The Bertz CT molecular complexity index is 151. The highest BCUT2D eigenvalue weighted by atomic mass is 16.5. The minimum atomic E-state index is 1.09. The zero-order valence-corrected chi connectivity index (χ0v) is 7.76. The van der Waals surface area contributed by atoms with E-state index in [1.807, 2.05) is 6.26 Å². The fourth-order valence-electron chi connectivity index (χ4n) is 1.45. The molecule has 0 amide bonds. The van der Waals surface area contributed by atoms with Gasteiger partial charge in [-0.3, -0.25) is 0 Å². The fraction of sp³-hybridized carbons (Fsp3) is 0.778. The molecule has 1 rings (SSSR count). The van der Waals surface area contributed by atoms with Crippen LogP contribution in [0.2, 0.25) is 0 Å². The van der Waals surface area contributed by atoms with Crippen molar-refractivity contribution in [3.63, 3.8) is 0 Å². The lowest BCUT2D eigenvalue weighted by atomic mass is 10.3. The molecule has 1 aliphatic heterocycles. The second-order valence-corrected chi connectivity index (χ2v) is 3.15. The van der Waals surface area contributed by atoms with E-state index in [0.29, 0.717) is 0 Å². The Morgan fingerprint density at radius 1 is 1.18 bits per heavy atom. The molecule has 0 spiro atoms. The zero-order valence-electron chi connectivity index (χ0n) is 7.76. The fourth-order valence-corrected chi connectivity index (χ4v) is 1.45. The van der Waals surface area contributed by atoms with Gasteiger partial charge < -0.3 is 9.22 Å². The van der Waals surface area contributed by atoms with Crippen molar-refractivity contribution < 1.29 is 9.22 Å². The molecule has 0 N–H and O–H groups in total. The zero-order chi connectivity index (χ0) is 8.32. The van der Waals surface area contributed by atoms with Crippen LogP contribution < -0.4 is 0 Å². The lowest BCUT2D eigenvalue weighted by Gasteiger charge is -2.34. The number of hydrogen-bond acceptors (Lipinski definition) is 1. The number of nitrogens with zero attached hydrogens (tertiary/aromatic N) is 1. The van der Waals surface area contributed by atoms with Crippen molar-refractivity contribution >= 4 is 0 Å². The Morgan fingerprint density at radius 3 is 1.91 bits per heavy atom. The van der Waals surface area contributed by atoms with Gasteiger partial charge in [0.05, 0.1) is 19.6 Å². The highest BCUT2D eigenvalue weighted by molar-refractivity contribution is 5.02. The van der Waals surface area contributed by atoms with E-state index in [-0.39, 0.29) is 0 Å². The molecule has 11 heavy (non-hydrogen) atoms. The molecule has 0 bridgehead atoms. The minimum Gasteiger partial charge on any atom is -0.456 e. The van der Waals surface area contributed by atoms with Gasteiger partial charge in [-0.1, -0.05) is 0 Å². The average molecular weight is 156 g/mol. The van der Waals surface area contributed by atoms with Crippen LogP contribution in [0.1, 0.15) is 20.8 Å². The van der Waals surface area contributed by atoms with Gasteiger partial charge in [-0.05, 0) is 20.8 Å². The molecule has 2 heteroatoms. The van der Waals surface area contributed by atoms with Crippen molar-refractivity contribution in [1.29, 1.82) is 0 Å². The van der Waals surface area contributed by atoms with E-state index >= 15 is 0 Å². The minimum absolute atomic E-state index is 1.09. The van der Waals surface area contributed by atoms with Gasteiger partial charge in [0.15, 0.2) is 5.76 Å². The molecule has 0 radical (unpaired) electrons. The molecule has 0 saturated heterocycles. The molecule has 0 unspecified atom stereocenters. The Labute approximate surface area is 69.0 Å². The summed E-state index contributed by atoms with van der Waals surface area (Å²) in [6, 6.07) is 0. The van der Waals surface area contributed by atoms with Crippen LogP contribution in [0, 0.1) is 0 Å². The van der Waals surface area contributed by atoms with Gasteiger partial charge in [0.1, 0.15) is 12.8 Å². The van der Waals surface area contributed by atoms with Gasteiger partial charge >= 0.3 is 0 Å². The maximum Gasteiger partial charge on any atom is 0.192 e. The molecule has 1 heterocycles. The number of quaternary nitrogens is 1. The third-order valence-electron chi connectivity index (χ3n) is 2.79. The van der Waals surface area contributed by atoms with Gasteiger partial charge in [-0.25, -0.2) is 0 Å². The Hall–Kier alpha value is -0.500. The molecule has 64 valence electrons. The van der Waals surface area contributed by atoms with E-state index in [9.17, 15) is 0 Å². The second-order valence-electron chi connectivity index (χ2n) is 3.15. The molecule has 1 aliphatic rings. The number of likely N-dealkylation sites (N-methyl/N-ethyl adjacent to an activating group) is 1. The van der Waals surface area contributed by atoms with Crippen molar-refractivity contribution in [3.05, 3.63) is 12.0 Å². The quantitative estimate of drug-likeness (QED) is 0.552. The van der Waals surface area contributed by atoms with E-state index in [0.717, 1.165) is 11.0 Å². The number of rotatable bonds is 5. The predicted octanol–water partition coefficient (Wildman–Crippen LogP) is 1.73. The van der Waals surface area contributed by atoms with E-state index in [1.165, 1.54) is 25.4 Å². The standard InChI is InChI=1S/C9H18NO/c1-4-10(5-2,6-3)7-9-8-11-9/h8H,4-7H2,1-3H3/q+1. The maximum absolute atomic E-state index is 5.05. The van der Waals surface area contributed by atoms with Crippen molar-refractivity contribution in [1.82, 2.24) is 0 Å². The highest BCUT2D eigenvalue weighted by Gasteiger charge is 2.27. The van der Waals surface area contributed by atoms with Crippen molar-refractivity contribution in [2.24, 2.45) is 0 Å². The first-order chi connectivity index (χ1) is 5.26. The van der Waals surface area contributed by atoms with E-state index in [1.54, 1.807) is 0 Å². The third kappa shape index (κ3) is 1.96. The smallest absolute Gasteiger partial charge is 0.192 e. The molecule has 2 nitrogen and oxygen atoms in total. The predicted molar refractivity (Wildman–Crippen MR) is 45.9 cm³/mol. The lowest BCUT2D eigenvalue weighted by Crippen LogP contribution is -2.48. The summed E-state index contributed by atoms with van der Waals surface area (Å²) in [5, 5.41) is 0. The monoisotopic (exact) mass is 156 g/mol. The van der Waals surface area contributed by atoms with Crippen LogP contribution in [-0.2, 0) is 4.74 Å². The first-order valence-corrected chi connectivity index (χ1v) is 4.47. The summed E-state index contributed by atoms with van der Waals surface area (Å²) in [7, 11) is 0. The lowest BCUT2D eigenvalue weighted by molar-refractivity contribution is -0.919.